The van der Waals surface area contributed by atoms with Crippen molar-refractivity contribution >= 4 is 23.4 Å². The Labute approximate surface area is 351 Å². The summed E-state index contributed by atoms with van der Waals surface area (Å²) in [5.74, 6) is -0.926. The van der Waals surface area contributed by atoms with E-state index in [1.807, 2.05) is 6.07 Å². The molecule has 2 amide bonds. The van der Waals surface area contributed by atoms with Crippen molar-refractivity contribution in [3.8, 4) is 29.1 Å². The third-order valence-corrected chi connectivity index (χ3v) is 11.8. The van der Waals surface area contributed by atoms with Gasteiger partial charge in [-0.05, 0) is 97.7 Å². The number of nitriles is 1. The second-order valence-electron chi connectivity index (χ2n) is 15.1. The van der Waals surface area contributed by atoms with E-state index in [0.29, 0.717) is 52.6 Å². The Balaban J connectivity index is 1.50. The highest BCUT2D eigenvalue weighted by Crippen LogP contribution is 2.62. The van der Waals surface area contributed by atoms with Gasteiger partial charge in [0.1, 0.15) is 36.1 Å². The third kappa shape index (κ3) is 8.99. The third-order valence-electron chi connectivity index (χ3n) is 11.8. The van der Waals surface area contributed by atoms with Crippen LogP contribution in [0.2, 0.25) is 0 Å². The van der Waals surface area contributed by atoms with Gasteiger partial charge in [0, 0.05) is 49.8 Å². The van der Waals surface area contributed by atoms with Gasteiger partial charge in [0.15, 0.2) is 0 Å². The number of oxime groups is 1. The summed E-state index contributed by atoms with van der Waals surface area (Å²) in [4.78, 5) is 35.0. The summed E-state index contributed by atoms with van der Waals surface area (Å²) in [5.41, 5.74) is 3.51. The van der Waals surface area contributed by atoms with Crippen LogP contribution < -0.4 is 24.3 Å². The average molecular weight is 823 g/mol. The summed E-state index contributed by atoms with van der Waals surface area (Å²) in [6, 6.07) is 18.1. The number of amides is 2. The highest BCUT2D eigenvalue weighted by molar-refractivity contribution is 6.03. The lowest BCUT2D eigenvalue weighted by atomic mass is 9.55. The molecule has 0 spiro atoms. The summed E-state index contributed by atoms with van der Waals surface area (Å²) in [5, 5.41) is 36.4. The van der Waals surface area contributed by atoms with E-state index in [-0.39, 0.29) is 55.7 Å². The molecule has 1 fully saturated rings. The number of rotatable bonds is 18. The number of likely N-dealkylation sites (N-methyl/N-ethyl adjacent to an activating group) is 1. The van der Waals surface area contributed by atoms with E-state index < -0.39 is 23.8 Å². The van der Waals surface area contributed by atoms with Gasteiger partial charge in [-0.2, -0.15) is 5.26 Å². The maximum atomic E-state index is 14.4. The molecule has 3 N–H and O–H groups in total. The Bertz CT molecular complexity index is 2110. The SMILES string of the molecule is C=CCOC12Oc3ccc(OC(=O)Nc4ccc(OC)cc4OC)cc3C3C(CCCCO)C(CCCCO)C=C(C(=NOC)CC1N(C)C(=O)c1ccc(C#N)cc1)C32. The Morgan fingerprint density at radius 2 is 1.73 bits per heavy atom. The fraction of sp³-hybridized carbons (Fsp3) is 0.435. The number of aliphatic hydroxyl groups is 2. The van der Waals surface area contributed by atoms with Crippen LogP contribution in [0.15, 0.2) is 90.1 Å². The molecule has 0 radical (unpaired) electrons. The van der Waals surface area contributed by atoms with E-state index in [1.54, 1.807) is 79.7 Å². The fourth-order valence-electron chi connectivity index (χ4n) is 9.08. The lowest BCUT2D eigenvalue weighted by molar-refractivity contribution is -0.252. The zero-order valence-corrected chi connectivity index (χ0v) is 34.6. The van der Waals surface area contributed by atoms with Gasteiger partial charge in [-0.1, -0.05) is 30.1 Å². The summed E-state index contributed by atoms with van der Waals surface area (Å²) >= 11 is 0. The molecule has 1 heterocycles. The standard InChI is InChI=1S/C46H54N4O10/c1-6-23-58-46-41(50(2)44(53)30-15-13-29(28-47)14-16-30)27-38(49-57-5)35-24-31(11-7-9-21-51)34(12-8-10-22-52)42(43(35)46)36-25-33(18-20-39(36)60-46)59-45(54)48-37-19-17-32(55-3)26-40(37)56-4/h6,13-20,24-26,31,34,41-43,51-52H,1,7-12,21-23,27H2,2-5H3,(H,48,54). The molecule has 14 heteroatoms. The number of hydrogen-bond donors (Lipinski definition) is 3. The van der Waals surface area contributed by atoms with Gasteiger partial charge in [0.2, 0.25) is 5.79 Å². The molecule has 60 heavy (non-hydrogen) atoms. The quantitative estimate of drug-likeness (QED) is 0.0670. The number of nitrogens with one attached hydrogen (secondary N) is 1. The molecule has 6 rings (SSSR count). The first-order chi connectivity index (χ1) is 29.2. The Kier molecular flexibility index (Phi) is 14.5. The van der Waals surface area contributed by atoms with Crippen molar-refractivity contribution in [1.29, 1.82) is 5.26 Å². The highest BCUT2D eigenvalue weighted by atomic mass is 16.7. The second-order valence-corrected chi connectivity index (χ2v) is 15.1. The number of nitrogens with zero attached hydrogens (tertiary/aromatic N) is 3. The molecule has 1 aliphatic heterocycles. The van der Waals surface area contributed by atoms with Crippen molar-refractivity contribution in [3.63, 3.8) is 0 Å². The first kappa shape index (κ1) is 43.7. The molecular weight excluding hydrogens is 769 g/mol. The van der Waals surface area contributed by atoms with Gasteiger partial charge in [-0.3, -0.25) is 10.1 Å². The van der Waals surface area contributed by atoms with E-state index in [4.69, 9.17) is 28.5 Å². The smallest absolute Gasteiger partial charge is 0.417 e. The lowest BCUT2D eigenvalue weighted by Crippen LogP contribution is -2.69. The molecule has 6 unspecified atom stereocenters. The first-order valence-corrected chi connectivity index (χ1v) is 20.3. The minimum Gasteiger partial charge on any atom is -0.497 e. The van der Waals surface area contributed by atoms with E-state index in [2.05, 4.69) is 29.2 Å². The molecule has 14 nitrogen and oxygen atoms in total. The van der Waals surface area contributed by atoms with E-state index in [9.17, 15) is 25.1 Å². The number of anilines is 1. The molecule has 0 saturated heterocycles. The largest absolute Gasteiger partial charge is 0.497 e. The minimum absolute atomic E-state index is 0.0153. The van der Waals surface area contributed by atoms with Crippen LogP contribution in [0.5, 0.6) is 23.0 Å². The first-order valence-electron chi connectivity index (χ1n) is 20.3. The van der Waals surface area contributed by atoms with Crippen molar-refractivity contribution in [2.75, 3.05) is 53.5 Å². The predicted octanol–water partition coefficient (Wildman–Crippen LogP) is 7.22. The monoisotopic (exact) mass is 822 g/mol. The van der Waals surface area contributed by atoms with Crippen LogP contribution >= 0.6 is 0 Å². The number of unbranched alkanes of at least 4 members (excludes halogenated alkanes) is 2. The van der Waals surface area contributed by atoms with Gasteiger partial charge in [0.25, 0.3) is 5.91 Å². The van der Waals surface area contributed by atoms with Gasteiger partial charge >= 0.3 is 6.09 Å². The molecule has 2 aliphatic carbocycles. The topological polar surface area (TPSA) is 181 Å². The molecule has 1 saturated carbocycles. The Hall–Kier alpha value is -5.88. The maximum absolute atomic E-state index is 14.4. The van der Waals surface area contributed by atoms with Crippen LogP contribution in [-0.2, 0) is 9.57 Å². The van der Waals surface area contributed by atoms with Crippen molar-refractivity contribution in [3.05, 3.63) is 102 Å². The summed E-state index contributed by atoms with van der Waals surface area (Å²) in [6.07, 6.45) is 7.65. The molecule has 6 atom stereocenters. The van der Waals surface area contributed by atoms with Crippen LogP contribution in [-0.4, -0.2) is 92.9 Å². The maximum Gasteiger partial charge on any atom is 0.417 e. The lowest BCUT2D eigenvalue weighted by Gasteiger charge is -2.59. The second kappa shape index (κ2) is 19.9. The number of methoxy groups -OCH3 is 2. The number of hydrogen-bond acceptors (Lipinski definition) is 12. The van der Waals surface area contributed by atoms with E-state index in [1.165, 1.54) is 14.2 Å². The van der Waals surface area contributed by atoms with Crippen molar-refractivity contribution < 1.29 is 48.3 Å². The Morgan fingerprint density at radius 1 is 1.00 bits per heavy atom. The van der Waals surface area contributed by atoms with E-state index >= 15 is 0 Å². The number of fused-ring (bicyclic) bond motifs is 2. The van der Waals surface area contributed by atoms with Gasteiger partial charge in [-0.25, -0.2) is 4.79 Å². The van der Waals surface area contributed by atoms with E-state index in [0.717, 1.165) is 36.8 Å². The van der Waals surface area contributed by atoms with Gasteiger partial charge in [-0.15, -0.1) is 6.58 Å². The zero-order valence-electron chi connectivity index (χ0n) is 34.6. The molecule has 3 aromatic carbocycles. The Morgan fingerprint density at radius 3 is 2.40 bits per heavy atom. The number of aliphatic hydroxyl groups excluding tert-OH is 2. The number of ether oxygens (including phenoxy) is 5. The molecule has 318 valence electrons. The van der Waals surface area contributed by atoms with Gasteiger partial charge < -0.3 is 43.6 Å². The normalized spacial score (nSPS) is 23.1. The summed E-state index contributed by atoms with van der Waals surface area (Å²) < 4.78 is 30.8. The highest BCUT2D eigenvalue weighted by Gasteiger charge is 2.65. The average Bonchev–Trinajstić information content (AvgIpc) is 3.27. The molecule has 3 aromatic rings. The predicted molar refractivity (Wildman–Crippen MR) is 224 cm³/mol. The molecule has 0 bridgehead atoms. The van der Waals surface area contributed by atoms with Crippen LogP contribution in [0.25, 0.3) is 0 Å². The van der Waals surface area contributed by atoms with Crippen molar-refractivity contribution in [2.45, 2.75) is 62.7 Å². The van der Waals surface area contributed by atoms with Crippen LogP contribution in [0, 0.1) is 29.1 Å². The zero-order chi connectivity index (χ0) is 42.8. The number of carbonyl (C=O) groups is 2. The van der Waals surface area contributed by atoms with Gasteiger partial charge in [0.05, 0.1) is 49.8 Å². The van der Waals surface area contributed by atoms with Crippen LogP contribution in [0.1, 0.15) is 72.3 Å². The minimum atomic E-state index is -1.46. The van der Waals surface area contributed by atoms with Crippen LogP contribution in [0.4, 0.5) is 10.5 Å². The number of allylic oxidation sites excluding steroid dienone is 1. The van der Waals surface area contributed by atoms with Crippen molar-refractivity contribution in [1.82, 2.24) is 4.90 Å². The molecule has 3 aliphatic rings. The molecule has 0 aromatic heterocycles. The summed E-state index contributed by atoms with van der Waals surface area (Å²) in [6.45, 7) is 4.18. The van der Waals surface area contributed by atoms with Crippen molar-refractivity contribution in [2.24, 2.45) is 22.9 Å². The van der Waals surface area contributed by atoms with Crippen LogP contribution in [0.3, 0.4) is 0 Å². The molecular formula is C46H54N4O10. The number of carbonyl (C=O) groups excluding carboxylic acids is 2. The summed E-state index contributed by atoms with van der Waals surface area (Å²) in [7, 11) is 6.24. The number of benzene rings is 3. The fourth-order valence-corrected chi connectivity index (χ4v) is 9.08.